The molecule has 0 aliphatic carbocycles. The van der Waals surface area contributed by atoms with Gasteiger partial charge >= 0.3 is 5.97 Å². The highest BCUT2D eigenvalue weighted by molar-refractivity contribution is 7.12. The van der Waals surface area contributed by atoms with E-state index < -0.39 is 5.97 Å². The average Bonchev–Trinajstić information content (AvgIpc) is 2.79. The van der Waals surface area contributed by atoms with Crippen LogP contribution in [-0.4, -0.2) is 24.0 Å². The van der Waals surface area contributed by atoms with Crippen molar-refractivity contribution in [3.8, 4) is 0 Å². The number of pyridine rings is 1. The van der Waals surface area contributed by atoms with Gasteiger partial charge in [0, 0.05) is 5.69 Å². The highest BCUT2D eigenvalue weighted by atomic mass is 32.1. The first-order valence-electron chi connectivity index (χ1n) is 5.94. The smallest absolute Gasteiger partial charge is 0.350 e. The number of hydrogen-bond donors (Lipinski definition) is 1. The maximum Gasteiger partial charge on any atom is 0.350 e. The van der Waals surface area contributed by atoms with Gasteiger partial charge in [0.05, 0.1) is 12.8 Å². The number of aryl methyl sites for hydroxylation is 2. The van der Waals surface area contributed by atoms with Crippen LogP contribution >= 0.6 is 11.3 Å². The molecule has 2 rings (SSSR count). The van der Waals surface area contributed by atoms with Gasteiger partial charge in [0.15, 0.2) is 0 Å². The van der Waals surface area contributed by atoms with Crippen LogP contribution in [-0.2, 0) is 4.74 Å². The van der Waals surface area contributed by atoms with Gasteiger partial charge in [-0.15, -0.1) is 11.3 Å². The van der Waals surface area contributed by atoms with Crippen molar-refractivity contribution in [2.75, 3.05) is 12.4 Å². The van der Waals surface area contributed by atoms with Crippen molar-refractivity contribution >= 4 is 28.9 Å². The van der Waals surface area contributed by atoms with E-state index in [2.05, 4.69) is 10.3 Å². The van der Waals surface area contributed by atoms with Crippen LogP contribution in [0.2, 0.25) is 0 Å². The number of ether oxygens (including phenoxy) is 1. The third-order valence-electron chi connectivity index (χ3n) is 2.71. The van der Waals surface area contributed by atoms with Gasteiger partial charge < -0.3 is 10.1 Å². The Hall–Kier alpha value is -2.21. The van der Waals surface area contributed by atoms with Crippen LogP contribution in [0.3, 0.4) is 0 Å². The summed E-state index contributed by atoms with van der Waals surface area (Å²) in [7, 11) is 1.31. The molecule has 1 N–H and O–H groups in total. The summed E-state index contributed by atoms with van der Waals surface area (Å²) in [5.74, 6) is -0.809. The number of amides is 1. The predicted molar refractivity (Wildman–Crippen MR) is 77.3 cm³/mol. The summed E-state index contributed by atoms with van der Waals surface area (Å²) in [6.45, 7) is 3.63. The van der Waals surface area contributed by atoms with Gasteiger partial charge in [0.2, 0.25) is 0 Å². The minimum atomic E-state index is -0.462. The standard InChI is InChI=1S/C14H14N2O3S/c1-8-7-20-12(14(18)19-3)11(8)16-13(17)10-6-4-5-9(2)15-10/h4-7H,1-3H3,(H,16,17). The zero-order valence-electron chi connectivity index (χ0n) is 11.4. The number of nitrogens with zero attached hydrogens (tertiary/aromatic N) is 1. The molecule has 0 aliphatic heterocycles. The summed E-state index contributed by atoms with van der Waals surface area (Å²) in [5.41, 5.74) is 2.37. The lowest BCUT2D eigenvalue weighted by atomic mass is 10.2. The van der Waals surface area contributed by atoms with Crippen molar-refractivity contribution in [2.24, 2.45) is 0 Å². The topological polar surface area (TPSA) is 68.3 Å². The molecule has 0 unspecified atom stereocenters. The van der Waals surface area contributed by atoms with Crippen LogP contribution in [0, 0.1) is 13.8 Å². The highest BCUT2D eigenvalue weighted by Crippen LogP contribution is 2.28. The Morgan fingerprint density at radius 1 is 1.30 bits per heavy atom. The van der Waals surface area contributed by atoms with Gasteiger partial charge in [0.25, 0.3) is 5.91 Å². The van der Waals surface area contributed by atoms with Gasteiger partial charge in [-0.1, -0.05) is 6.07 Å². The van der Waals surface area contributed by atoms with E-state index in [-0.39, 0.29) is 5.91 Å². The van der Waals surface area contributed by atoms with E-state index in [1.54, 1.807) is 17.5 Å². The molecule has 6 heteroatoms. The van der Waals surface area contributed by atoms with E-state index in [0.717, 1.165) is 11.3 Å². The second-order valence-corrected chi connectivity index (χ2v) is 5.11. The maximum atomic E-state index is 12.2. The van der Waals surface area contributed by atoms with Crippen molar-refractivity contribution in [3.05, 3.63) is 45.4 Å². The minimum absolute atomic E-state index is 0.311. The number of carbonyl (C=O) groups excluding carboxylic acids is 2. The normalized spacial score (nSPS) is 10.2. The van der Waals surface area contributed by atoms with E-state index in [0.29, 0.717) is 16.3 Å². The molecular formula is C14H14N2O3S. The Balaban J connectivity index is 2.28. The molecule has 5 nitrogen and oxygen atoms in total. The molecule has 2 aromatic rings. The third kappa shape index (κ3) is 2.85. The molecule has 0 aliphatic rings. The molecular weight excluding hydrogens is 276 g/mol. The van der Waals surface area contributed by atoms with Crippen LogP contribution in [0.5, 0.6) is 0 Å². The first kappa shape index (κ1) is 14.2. The molecule has 0 radical (unpaired) electrons. The largest absolute Gasteiger partial charge is 0.465 e. The van der Waals surface area contributed by atoms with E-state index in [1.807, 2.05) is 19.9 Å². The van der Waals surface area contributed by atoms with Crippen LogP contribution in [0.1, 0.15) is 31.4 Å². The van der Waals surface area contributed by atoms with Gasteiger partial charge in [-0.05, 0) is 36.9 Å². The number of esters is 1. The molecule has 104 valence electrons. The Labute approximate surface area is 120 Å². The summed E-state index contributed by atoms with van der Waals surface area (Å²) in [6.07, 6.45) is 0. The fourth-order valence-electron chi connectivity index (χ4n) is 1.69. The SMILES string of the molecule is COC(=O)c1scc(C)c1NC(=O)c1cccc(C)n1. The number of methoxy groups -OCH3 is 1. The lowest BCUT2D eigenvalue weighted by molar-refractivity contribution is 0.0607. The zero-order chi connectivity index (χ0) is 14.7. The molecule has 1 amide bonds. The van der Waals surface area contributed by atoms with E-state index in [9.17, 15) is 9.59 Å². The van der Waals surface area contributed by atoms with E-state index in [4.69, 9.17) is 4.74 Å². The van der Waals surface area contributed by atoms with Crippen molar-refractivity contribution in [1.82, 2.24) is 4.98 Å². The average molecular weight is 290 g/mol. The molecule has 0 atom stereocenters. The quantitative estimate of drug-likeness (QED) is 0.883. The zero-order valence-corrected chi connectivity index (χ0v) is 12.2. The molecule has 0 saturated heterocycles. The van der Waals surface area contributed by atoms with Crippen molar-refractivity contribution < 1.29 is 14.3 Å². The van der Waals surface area contributed by atoms with E-state index >= 15 is 0 Å². The van der Waals surface area contributed by atoms with Crippen molar-refractivity contribution in [2.45, 2.75) is 13.8 Å². The number of rotatable bonds is 3. The van der Waals surface area contributed by atoms with Crippen molar-refractivity contribution in [3.63, 3.8) is 0 Å². The summed E-state index contributed by atoms with van der Waals surface area (Å²) in [4.78, 5) is 28.3. The molecule has 0 fully saturated rings. The van der Waals surface area contributed by atoms with Crippen LogP contribution in [0.15, 0.2) is 23.6 Å². The Bertz CT molecular complexity index is 664. The Morgan fingerprint density at radius 3 is 2.70 bits per heavy atom. The summed E-state index contributed by atoms with van der Waals surface area (Å²) < 4.78 is 4.70. The lowest BCUT2D eigenvalue weighted by Crippen LogP contribution is -2.16. The first-order chi connectivity index (χ1) is 9.52. The number of aromatic nitrogens is 1. The van der Waals surface area contributed by atoms with Crippen LogP contribution in [0.4, 0.5) is 5.69 Å². The number of hydrogen-bond acceptors (Lipinski definition) is 5. The van der Waals surface area contributed by atoms with Crippen LogP contribution in [0.25, 0.3) is 0 Å². The second-order valence-electron chi connectivity index (χ2n) is 4.23. The fraction of sp³-hybridized carbons (Fsp3) is 0.214. The number of nitrogens with one attached hydrogen (secondary N) is 1. The summed E-state index contributed by atoms with van der Waals surface area (Å²) in [5, 5.41) is 4.52. The van der Waals surface area contributed by atoms with E-state index in [1.165, 1.54) is 18.4 Å². The summed E-state index contributed by atoms with van der Waals surface area (Å²) >= 11 is 1.24. The maximum absolute atomic E-state index is 12.2. The number of anilines is 1. The molecule has 2 heterocycles. The van der Waals surface area contributed by atoms with Gasteiger partial charge in [0.1, 0.15) is 10.6 Å². The van der Waals surface area contributed by atoms with Gasteiger partial charge in [-0.2, -0.15) is 0 Å². The molecule has 0 spiro atoms. The monoisotopic (exact) mass is 290 g/mol. The Morgan fingerprint density at radius 2 is 2.05 bits per heavy atom. The van der Waals surface area contributed by atoms with Crippen LogP contribution < -0.4 is 5.32 Å². The second kappa shape index (κ2) is 5.83. The first-order valence-corrected chi connectivity index (χ1v) is 6.82. The molecule has 2 aromatic heterocycles. The Kier molecular flexibility index (Phi) is 4.14. The van der Waals surface area contributed by atoms with Gasteiger partial charge in [-0.3, -0.25) is 4.79 Å². The fourth-order valence-corrected chi connectivity index (χ4v) is 2.61. The predicted octanol–water partition coefficient (Wildman–Crippen LogP) is 2.80. The number of carbonyl (C=O) groups is 2. The molecule has 0 aromatic carbocycles. The lowest BCUT2D eigenvalue weighted by Gasteiger charge is -2.07. The summed E-state index contributed by atoms with van der Waals surface area (Å²) in [6, 6.07) is 5.20. The molecule has 0 saturated carbocycles. The molecule has 0 bridgehead atoms. The number of thiophene rings is 1. The molecule has 20 heavy (non-hydrogen) atoms. The van der Waals surface area contributed by atoms with Crippen molar-refractivity contribution in [1.29, 1.82) is 0 Å². The third-order valence-corrected chi connectivity index (χ3v) is 3.78. The minimum Gasteiger partial charge on any atom is -0.465 e. The van der Waals surface area contributed by atoms with Gasteiger partial charge in [-0.25, -0.2) is 9.78 Å². The highest BCUT2D eigenvalue weighted by Gasteiger charge is 2.19.